The third kappa shape index (κ3) is 5.81. The highest BCUT2D eigenvalue weighted by atomic mass is 16.5. The molecule has 2 heterocycles. The van der Waals surface area contributed by atoms with Gasteiger partial charge in [0.15, 0.2) is 0 Å². The molecule has 1 aliphatic heterocycles. The van der Waals surface area contributed by atoms with Crippen molar-refractivity contribution in [3.8, 4) is 11.6 Å². The van der Waals surface area contributed by atoms with Gasteiger partial charge in [0.05, 0.1) is 7.11 Å². The molecule has 7 nitrogen and oxygen atoms in total. The molecule has 31 heavy (non-hydrogen) atoms. The molecule has 2 amide bonds. The fraction of sp³-hybridized carbons (Fsp3) is 0.500. The molecule has 2 N–H and O–H groups in total. The van der Waals surface area contributed by atoms with Crippen molar-refractivity contribution in [3.63, 3.8) is 0 Å². The molecule has 2 fully saturated rings. The number of pyridine rings is 1. The van der Waals surface area contributed by atoms with E-state index in [1.807, 2.05) is 24.3 Å². The van der Waals surface area contributed by atoms with Gasteiger partial charge in [-0.05, 0) is 68.9 Å². The lowest BCUT2D eigenvalue weighted by molar-refractivity contribution is 0.198. The van der Waals surface area contributed by atoms with Crippen LogP contribution in [0.3, 0.4) is 0 Å². The Morgan fingerprint density at radius 2 is 1.84 bits per heavy atom. The summed E-state index contributed by atoms with van der Waals surface area (Å²) in [6.07, 6.45) is 8.42. The monoisotopic (exact) mass is 424 g/mol. The van der Waals surface area contributed by atoms with Crippen molar-refractivity contribution in [2.45, 2.75) is 57.2 Å². The number of nitrogens with one attached hydrogen (secondary N) is 2. The van der Waals surface area contributed by atoms with E-state index >= 15 is 0 Å². The van der Waals surface area contributed by atoms with Crippen LogP contribution in [0.15, 0.2) is 42.6 Å². The van der Waals surface area contributed by atoms with Gasteiger partial charge >= 0.3 is 6.03 Å². The van der Waals surface area contributed by atoms with Crippen molar-refractivity contribution in [1.82, 2.24) is 15.6 Å². The number of ether oxygens (including phenoxy) is 2. The normalized spacial score (nSPS) is 17.4. The third-order valence-electron chi connectivity index (χ3n) is 6.14. The molecular formula is C24H32N4O3. The summed E-state index contributed by atoms with van der Waals surface area (Å²) in [5.74, 6) is 1.50. The summed E-state index contributed by atoms with van der Waals surface area (Å²) < 4.78 is 11.3. The van der Waals surface area contributed by atoms with E-state index in [9.17, 15) is 4.79 Å². The number of benzene rings is 1. The molecule has 166 valence electrons. The molecule has 2 aromatic rings. The van der Waals surface area contributed by atoms with E-state index in [4.69, 9.17) is 9.47 Å². The fourth-order valence-electron chi connectivity index (χ4n) is 4.32. The number of carbonyl (C=O) groups excluding carboxylic acids is 1. The van der Waals surface area contributed by atoms with Gasteiger partial charge in [0.25, 0.3) is 0 Å². The number of methoxy groups -OCH3 is 1. The van der Waals surface area contributed by atoms with Crippen molar-refractivity contribution in [1.29, 1.82) is 0 Å². The highest BCUT2D eigenvalue weighted by Crippen LogP contribution is 2.25. The van der Waals surface area contributed by atoms with Gasteiger partial charge in [0.2, 0.25) is 5.88 Å². The van der Waals surface area contributed by atoms with Gasteiger partial charge < -0.3 is 25.0 Å². The smallest absolute Gasteiger partial charge is 0.315 e. The Morgan fingerprint density at radius 1 is 1.10 bits per heavy atom. The highest BCUT2D eigenvalue weighted by Gasteiger charge is 2.22. The Labute approximate surface area is 184 Å². The van der Waals surface area contributed by atoms with Crippen molar-refractivity contribution < 1.29 is 14.3 Å². The van der Waals surface area contributed by atoms with Gasteiger partial charge in [0, 0.05) is 43.1 Å². The molecule has 7 heteroatoms. The van der Waals surface area contributed by atoms with Crippen LogP contribution < -0.4 is 25.0 Å². The second-order valence-electron chi connectivity index (χ2n) is 8.28. The Kier molecular flexibility index (Phi) is 7.12. The van der Waals surface area contributed by atoms with Crippen LogP contribution in [0.2, 0.25) is 0 Å². The van der Waals surface area contributed by atoms with Crippen LogP contribution in [0.25, 0.3) is 0 Å². The van der Waals surface area contributed by atoms with Gasteiger partial charge in [0.1, 0.15) is 11.9 Å². The number of piperidine rings is 1. The molecule has 1 saturated carbocycles. The first-order valence-electron chi connectivity index (χ1n) is 11.2. The minimum absolute atomic E-state index is 0.140. The van der Waals surface area contributed by atoms with Crippen LogP contribution in [0.1, 0.15) is 44.1 Å². The van der Waals surface area contributed by atoms with Crippen molar-refractivity contribution in [3.05, 3.63) is 48.2 Å². The molecule has 1 aromatic carbocycles. The lowest BCUT2D eigenvalue weighted by Crippen LogP contribution is -2.47. The summed E-state index contributed by atoms with van der Waals surface area (Å²) in [5.41, 5.74) is 2.11. The Hall–Kier alpha value is -2.96. The fourth-order valence-corrected chi connectivity index (χ4v) is 4.32. The number of urea groups is 1. The topological polar surface area (TPSA) is 75.7 Å². The largest absolute Gasteiger partial charge is 0.497 e. The van der Waals surface area contributed by atoms with E-state index in [-0.39, 0.29) is 18.2 Å². The van der Waals surface area contributed by atoms with E-state index in [2.05, 4.69) is 32.7 Å². The van der Waals surface area contributed by atoms with E-state index in [0.29, 0.717) is 12.4 Å². The number of hydrogen-bond donors (Lipinski definition) is 2. The van der Waals surface area contributed by atoms with E-state index in [1.54, 1.807) is 13.3 Å². The summed E-state index contributed by atoms with van der Waals surface area (Å²) in [4.78, 5) is 19.2. The zero-order chi connectivity index (χ0) is 21.5. The number of amides is 2. The molecular weight excluding hydrogens is 392 g/mol. The zero-order valence-corrected chi connectivity index (χ0v) is 18.2. The molecule has 0 atom stereocenters. The standard InChI is InChI=1S/C24H32N4O3/c1-30-21-10-8-20(9-11-21)28-15-12-19(13-16-28)27-24(29)26-17-18-5-4-14-25-23(18)31-22-6-2-3-7-22/h4-5,8-11,14,19,22H,2-3,6-7,12-13,15-17H2,1H3,(H2,26,27,29). The van der Waals surface area contributed by atoms with Crippen LogP contribution in [0.4, 0.5) is 10.5 Å². The van der Waals surface area contributed by atoms with Gasteiger partial charge in [-0.25, -0.2) is 9.78 Å². The number of aromatic nitrogens is 1. The molecule has 1 saturated heterocycles. The van der Waals surface area contributed by atoms with Gasteiger partial charge in [-0.1, -0.05) is 6.07 Å². The summed E-state index contributed by atoms with van der Waals surface area (Å²) in [7, 11) is 1.68. The lowest BCUT2D eigenvalue weighted by Gasteiger charge is -2.34. The second-order valence-corrected chi connectivity index (χ2v) is 8.28. The van der Waals surface area contributed by atoms with Crippen LogP contribution in [0.5, 0.6) is 11.6 Å². The molecule has 2 aliphatic rings. The second kappa shape index (κ2) is 10.4. The molecule has 1 aromatic heterocycles. The molecule has 4 rings (SSSR count). The molecule has 1 aliphatic carbocycles. The maximum Gasteiger partial charge on any atom is 0.315 e. The number of hydrogen-bond acceptors (Lipinski definition) is 5. The predicted molar refractivity (Wildman–Crippen MR) is 121 cm³/mol. The summed E-state index contributed by atoms with van der Waals surface area (Å²) >= 11 is 0. The Morgan fingerprint density at radius 3 is 2.55 bits per heavy atom. The third-order valence-corrected chi connectivity index (χ3v) is 6.14. The van der Waals surface area contributed by atoms with Crippen LogP contribution in [0, 0.1) is 0 Å². The number of nitrogens with zero attached hydrogens (tertiary/aromatic N) is 2. The minimum atomic E-state index is -0.140. The molecule has 0 radical (unpaired) electrons. The minimum Gasteiger partial charge on any atom is -0.497 e. The van der Waals surface area contributed by atoms with Gasteiger partial charge in [-0.3, -0.25) is 0 Å². The number of rotatable bonds is 7. The Bertz CT molecular complexity index is 844. The lowest BCUT2D eigenvalue weighted by atomic mass is 10.0. The average molecular weight is 425 g/mol. The van der Waals surface area contributed by atoms with Crippen LogP contribution in [-0.2, 0) is 6.54 Å². The quantitative estimate of drug-likeness (QED) is 0.706. The summed E-state index contributed by atoms with van der Waals surface area (Å²) in [6, 6.07) is 12.0. The zero-order valence-electron chi connectivity index (χ0n) is 18.2. The predicted octanol–water partition coefficient (Wildman–Crippen LogP) is 3.88. The number of anilines is 1. The van der Waals surface area contributed by atoms with Gasteiger partial charge in [-0.2, -0.15) is 0 Å². The van der Waals surface area contributed by atoms with E-state index in [0.717, 1.165) is 50.1 Å². The van der Waals surface area contributed by atoms with Crippen molar-refractivity contribution in [2.24, 2.45) is 0 Å². The maximum absolute atomic E-state index is 12.5. The first-order chi connectivity index (χ1) is 15.2. The van der Waals surface area contributed by atoms with Crippen LogP contribution in [-0.4, -0.2) is 43.4 Å². The number of carbonyl (C=O) groups is 1. The summed E-state index contributed by atoms with van der Waals surface area (Å²) in [6.45, 7) is 2.24. The first-order valence-corrected chi connectivity index (χ1v) is 11.2. The first kappa shape index (κ1) is 21.3. The average Bonchev–Trinajstić information content (AvgIpc) is 3.32. The van der Waals surface area contributed by atoms with Crippen LogP contribution >= 0.6 is 0 Å². The molecule has 0 unspecified atom stereocenters. The van der Waals surface area contributed by atoms with E-state index < -0.39 is 0 Å². The maximum atomic E-state index is 12.5. The Balaban J connectivity index is 1.22. The van der Waals surface area contributed by atoms with E-state index in [1.165, 1.54) is 18.5 Å². The van der Waals surface area contributed by atoms with Crippen molar-refractivity contribution >= 4 is 11.7 Å². The summed E-state index contributed by atoms with van der Waals surface area (Å²) in [5, 5.41) is 6.08. The molecule has 0 bridgehead atoms. The highest BCUT2D eigenvalue weighted by molar-refractivity contribution is 5.74. The van der Waals surface area contributed by atoms with Crippen molar-refractivity contribution in [2.75, 3.05) is 25.1 Å². The van der Waals surface area contributed by atoms with Gasteiger partial charge in [-0.15, -0.1) is 0 Å². The SMILES string of the molecule is COc1ccc(N2CCC(NC(=O)NCc3cccnc3OC3CCCC3)CC2)cc1. The molecule has 0 spiro atoms.